The standard InChI is InChI=1S/C14H21BrN2.ClH/c15-13-6-4-12(5-7-13)11-17-10-2-1-3-14(17)8-9-16;/h4-7,14H,1-3,8-11,16H2;1H. The summed E-state index contributed by atoms with van der Waals surface area (Å²) >= 11 is 3.48. The van der Waals surface area contributed by atoms with E-state index in [1.54, 1.807) is 0 Å². The lowest BCUT2D eigenvalue weighted by Gasteiger charge is -2.35. The molecule has 18 heavy (non-hydrogen) atoms. The molecule has 1 aliphatic heterocycles. The molecule has 0 aromatic heterocycles. The van der Waals surface area contributed by atoms with E-state index in [0.29, 0.717) is 6.04 Å². The minimum atomic E-state index is 0. The highest BCUT2D eigenvalue weighted by atomic mass is 79.9. The molecule has 1 heterocycles. The second kappa shape index (κ2) is 8.16. The molecule has 4 heteroatoms. The minimum absolute atomic E-state index is 0. The van der Waals surface area contributed by atoms with E-state index in [9.17, 15) is 0 Å². The van der Waals surface area contributed by atoms with Gasteiger partial charge in [0.15, 0.2) is 0 Å². The van der Waals surface area contributed by atoms with E-state index in [-0.39, 0.29) is 12.4 Å². The third-order valence-corrected chi connectivity index (χ3v) is 4.08. The second-order valence-corrected chi connectivity index (χ2v) is 5.74. The van der Waals surface area contributed by atoms with Crippen molar-refractivity contribution in [2.75, 3.05) is 13.1 Å². The van der Waals surface area contributed by atoms with Gasteiger partial charge in [-0.2, -0.15) is 0 Å². The van der Waals surface area contributed by atoms with E-state index in [4.69, 9.17) is 5.73 Å². The fourth-order valence-corrected chi connectivity index (χ4v) is 2.88. The Morgan fingerprint density at radius 2 is 1.94 bits per heavy atom. The van der Waals surface area contributed by atoms with Crippen molar-refractivity contribution in [1.29, 1.82) is 0 Å². The van der Waals surface area contributed by atoms with Gasteiger partial charge in [0.2, 0.25) is 0 Å². The lowest BCUT2D eigenvalue weighted by Crippen LogP contribution is -2.40. The highest BCUT2D eigenvalue weighted by Gasteiger charge is 2.21. The molecule has 102 valence electrons. The van der Waals surface area contributed by atoms with E-state index in [1.165, 1.54) is 31.4 Å². The van der Waals surface area contributed by atoms with Crippen molar-refractivity contribution in [2.45, 2.75) is 38.3 Å². The smallest absolute Gasteiger partial charge is 0.0236 e. The summed E-state index contributed by atoms with van der Waals surface area (Å²) < 4.78 is 1.15. The van der Waals surface area contributed by atoms with Gasteiger partial charge in [0, 0.05) is 17.1 Å². The van der Waals surface area contributed by atoms with Gasteiger partial charge in [-0.25, -0.2) is 0 Å². The van der Waals surface area contributed by atoms with Crippen LogP contribution in [0.25, 0.3) is 0 Å². The summed E-state index contributed by atoms with van der Waals surface area (Å²) in [6.45, 7) is 3.10. The summed E-state index contributed by atoms with van der Waals surface area (Å²) in [5.41, 5.74) is 7.10. The lowest BCUT2D eigenvalue weighted by molar-refractivity contribution is 0.134. The fraction of sp³-hybridized carbons (Fsp3) is 0.571. The molecule has 0 aliphatic carbocycles. The Kier molecular flexibility index (Phi) is 7.23. The average molecular weight is 334 g/mol. The zero-order valence-corrected chi connectivity index (χ0v) is 13.0. The van der Waals surface area contributed by atoms with Crippen molar-refractivity contribution in [3.63, 3.8) is 0 Å². The number of nitrogens with two attached hydrogens (primary N) is 1. The molecule has 2 rings (SSSR count). The normalized spacial score (nSPS) is 20.4. The van der Waals surface area contributed by atoms with Crippen molar-refractivity contribution in [3.8, 4) is 0 Å². The Balaban J connectivity index is 0.00000162. The van der Waals surface area contributed by atoms with Crippen LogP contribution in [-0.2, 0) is 6.54 Å². The van der Waals surface area contributed by atoms with E-state index in [0.717, 1.165) is 24.0 Å². The van der Waals surface area contributed by atoms with E-state index < -0.39 is 0 Å². The molecule has 1 aromatic rings. The first-order valence-electron chi connectivity index (χ1n) is 6.48. The maximum Gasteiger partial charge on any atom is 0.0236 e. The van der Waals surface area contributed by atoms with Crippen molar-refractivity contribution in [3.05, 3.63) is 34.3 Å². The zero-order valence-electron chi connectivity index (χ0n) is 10.6. The first kappa shape index (κ1) is 16.0. The molecule has 0 spiro atoms. The molecule has 1 aromatic carbocycles. The third kappa shape index (κ3) is 4.54. The van der Waals surface area contributed by atoms with Gasteiger partial charge in [0.1, 0.15) is 0 Å². The molecule has 0 radical (unpaired) electrons. The highest BCUT2D eigenvalue weighted by molar-refractivity contribution is 9.10. The molecule has 0 saturated carbocycles. The molecule has 1 aliphatic rings. The van der Waals surface area contributed by atoms with Gasteiger partial charge < -0.3 is 5.73 Å². The number of likely N-dealkylation sites (tertiary alicyclic amines) is 1. The van der Waals surface area contributed by atoms with Crippen molar-refractivity contribution >= 4 is 28.3 Å². The summed E-state index contributed by atoms with van der Waals surface area (Å²) in [6, 6.07) is 9.35. The zero-order chi connectivity index (χ0) is 12.1. The Morgan fingerprint density at radius 1 is 1.22 bits per heavy atom. The number of hydrogen-bond donors (Lipinski definition) is 1. The van der Waals surface area contributed by atoms with Gasteiger partial charge in [-0.05, 0) is 50.0 Å². The van der Waals surface area contributed by atoms with Crippen LogP contribution >= 0.6 is 28.3 Å². The molecule has 1 atom stereocenters. The SMILES string of the molecule is Cl.NCCC1CCCCN1Cc1ccc(Br)cc1. The van der Waals surface area contributed by atoms with Gasteiger partial charge in [-0.15, -0.1) is 12.4 Å². The molecule has 2 N–H and O–H groups in total. The Hall–Kier alpha value is -0.0900. The molecular weight excluding hydrogens is 312 g/mol. The summed E-state index contributed by atoms with van der Waals surface area (Å²) in [5.74, 6) is 0. The predicted octanol–water partition coefficient (Wildman–Crippen LogP) is 3.57. The van der Waals surface area contributed by atoms with Crippen LogP contribution in [-0.4, -0.2) is 24.0 Å². The second-order valence-electron chi connectivity index (χ2n) is 4.82. The number of rotatable bonds is 4. The first-order chi connectivity index (χ1) is 8.29. The summed E-state index contributed by atoms with van der Waals surface area (Å²) in [6.07, 6.45) is 5.14. The Labute approximate surface area is 124 Å². The molecule has 0 bridgehead atoms. The molecule has 1 unspecified atom stereocenters. The van der Waals surface area contributed by atoms with Gasteiger partial charge in [-0.1, -0.05) is 34.5 Å². The van der Waals surface area contributed by atoms with Gasteiger partial charge in [-0.3, -0.25) is 4.90 Å². The van der Waals surface area contributed by atoms with Gasteiger partial charge >= 0.3 is 0 Å². The van der Waals surface area contributed by atoms with E-state index in [1.807, 2.05) is 0 Å². The molecule has 2 nitrogen and oxygen atoms in total. The van der Waals surface area contributed by atoms with E-state index in [2.05, 4.69) is 45.1 Å². The third-order valence-electron chi connectivity index (χ3n) is 3.55. The number of benzene rings is 1. The van der Waals surface area contributed by atoms with E-state index >= 15 is 0 Å². The van der Waals surface area contributed by atoms with Crippen LogP contribution in [0, 0.1) is 0 Å². The number of hydrogen-bond acceptors (Lipinski definition) is 2. The lowest BCUT2D eigenvalue weighted by atomic mass is 9.98. The summed E-state index contributed by atoms with van der Waals surface area (Å²) in [5, 5.41) is 0. The van der Waals surface area contributed by atoms with Crippen LogP contribution in [0.2, 0.25) is 0 Å². The average Bonchev–Trinajstić information content (AvgIpc) is 2.35. The van der Waals surface area contributed by atoms with Gasteiger partial charge in [0.05, 0.1) is 0 Å². The van der Waals surface area contributed by atoms with Crippen LogP contribution < -0.4 is 5.73 Å². The fourth-order valence-electron chi connectivity index (χ4n) is 2.61. The largest absolute Gasteiger partial charge is 0.330 e. The Morgan fingerprint density at radius 3 is 2.61 bits per heavy atom. The van der Waals surface area contributed by atoms with Crippen LogP contribution in [0.1, 0.15) is 31.2 Å². The van der Waals surface area contributed by atoms with Gasteiger partial charge in [0.25, 0.3) is 0 Å². The maximum atomic E-state index is 5.70. The quantitative estimate of drug-likeness (QED) is 0.912. The Bertz CT molecular complexity index is 340. The molecule has 1 saturated heterocycles. The monoisotopic (exact) mass is 332 g/mol. The van der Waals surface area contributed by atoms with Crippen LogP contribution in [0.3, 0.4) is 0 Å². The summed E-state index contributed by atoms with van der Waals surface area (Å²) in [7, 11) is 0. The van der Waals surface area contributed by atoms with Crippen molar-refractivity contribution in [2.24, 2.45) is 5.73 Å². The molecular formula is C14H22BrClN2. The van der Waals surface area contributed by atoms with Crippen molar-refractivity contribution < 1.29 is 0 Å². The first-order valence-corrected chi connectivity index (χ1v) is 7.27. The number of piperidine rings is 1. The summed E-state index contributed by atoms with van der Waals surface area (Å²) in [4.78, 5) is 2.60. The van der Waals surface area contributed by atoms with Crippen LogP contribution in [0.4, 0.5) is 0 Å². The van der Waals surface area contributed by atoms with Crippen molar-refractivity contribution in [1.82, 2.24) is 4.90 Å². The maximum absolute atomic E-state index is 5.70. The molecule has 1 fully saturated rings. The highest BCUT2D eigenvalue weighted by Crippen LogP contribution is 2.22. The molecule has 0 amide bonds. The predicted molar refractivity (Wildman–Crippen MR) is 83.1 cm³/mol. The van der Waals surface area contributed by atoms with Crippen LogP contribution in [0.15, 0.2) is 28.7 Å². The topological polar surface area (TPSA) is 29.3 Å². The van der Waals surface area contributed by atoms with Crippen LogP contribution in [0.5, 0.6) is 0 Å². The number of halogens is 2. The number of nitrogens with zero attached hydrogens (tertiary/aromatic N) is 1. The minimum Gasteiger partial charge on any atom is -0.330 e.